The summed E-state index contributed by atoms with van der Waals surface area (Å²) in [5, 5.41) is 21.5. The SMILES string of the molecule is CCOC(=O)CCc1ccc(OCc2cccc(-c3c(C)cc(OCC4(O)CCSCC4)cc3O)c2)cc1F. The van der Waals surface area contributed by atoms with Crippen LogP contribution in [-0.2, 0) is 22.6 Å². The van der Waals surface area contributed by atoms with Gasteiger partial charge in [-0.15, -0.1) is 0 Å². The van der Waals surface area contributed by atoms with Crippen LogP contribution in [0.3, 0.4) is 0 Å². The van der Waals surface area contributed by atoms with Crippen LogP contribution in [-0.4, -0.2) is 46.5 Å². The molecule has 0 atom stereocenters. The Morgan fingerprint density at radius 1 is 1.05 bits per heavy atom. The van der Waals surface area contributed by atoms with Crippen molar-refractivity contribution in [2.75, 3.05) is 24.7 Å². The number of hydrogen-bond acceptors (Lipinski definition) is 7. The summed E-state index contributed by atoms with van der Waals surface area (Å²) in [6, 6.07) is 15.7. The lowest BCUT2D eigenvalue weighted by Gasteiger charge is -2.31. The van der Waals surface area contributed by atoms with Gasteiger partial charge in [-0.25, -0.2) is 4.39 Å². The molecule has 0 saturated carbocycles. The Labute approximate surface area is 233 Å². The maximum absolute atomic E-state index is 14.5. The molecule has 0 aliphatic carbocycles. The van der Waals surface area contributed by atoms with E-state index in [0.29, 0.717) is 42.1 Å². The fourth-order valence-corrected chi connectivity index (χ4v) is 5.83. The van der Waals surface area contributed by atoms with Gasteiger partial charge in [0.2, 0.25) is 0 Å². The first kappa shape index (κ1) is 28.8. The molecule has 208 valence electrons. The van der Waals surface area contributed by atoms with Crippen molar-refractivity contribution in [2.45, 2.75) is 51.7 Å². The number of phenols is 1. The molecule has 3 aromatic rings. The highest BCUT2D eigenvalue weighted by Crippen LogP contribution is 2.37. The summed E-state index contributed by atoms with van der Waals surface area (Å²) in [5.41, 5.74) is 2.82. The number of benzene rings is 3. The summed E-state index contributed by atoms with van der Waals surface area (Å²) in [6.45, 7) is 4.36. The number of carbonyl (C=O) groups excluding carboxylic acids is 1. The molecule has 3 aromatic carbocycles. The van der Waals surface area contributed by atoms with E-state index in [1.165, 1.54) is 6.07 Å². The third-order valence-electron chi connectivity index (χ3n) is 6.77. The fourth-order valence-electron chi connectivity index (χ4n) is 4.58. The molecule has 2 N–H and O–H groups in total. The molecule has 6 nitrogen and oxygen atoms in total. The van der Waals surface area contributed by atoms with Crippen LogP contribution in [0, 0.1) is 12.7 Å². The molecular weight excluding hydrogens is 519 g/mol. The lowest BCUT2D eigenvalue weighted by molar-refractivity contribution is -0.143. The maximum Gasteiger partial charge on any atom is 0.306 e. The normalized spacial score (nSPS) is 14.6. The zero-order chi connectivity index (χ0) is 27.8. The van der Waals surface area contributed by atoms with Gasteiger partial charge in [0.1, 0.15) is 41.9 Å². The molecule has 0 bridgehead atoms. The Morgan fingerprint density at radius 2 is 1.85 bits per heavy atom. The van der Waals surface area contributed by atoms with E-state index >= 15 is 0 Å². The monoisotopic (exact) mass is 554 g/mol. The Kier molecular flexibility index (Phi) is 9.75. The van der Waals surface area contributed by atoms with E-state index in [0.717, 1.165) is 28.2 Å². The van der Waals surface area contributed by atoms with Gasteiger partial charge in [-0.05, 0) is 85.1 Å². The van der Waals surface area contributed by atoms with E-state index in [-0.39, 0.29) is 37.8 Å². The number of phenolic OH excluding ortho intramolecular Hbond substituents is 1. The van der Waals surface area contributed by atoms with Crippen molar-refractivity contribution in [1.82, 2.24) is 0 Å². The number of aliphatic hydroxyl groups is 1. The lowest BCUT2D eigenvalue weighted by Crippen LogP contribution is -2.39. The molecule has 39 heavy (non-hydrogen) atoms. The van der Waals surface area contributed by atoms with Crippen LogP contribution in [0.25, 0.3) is 11.1 Å². The number of thioether (sulfide) groups is 1. The highest BCUT2D eigenvalue weighted by Gasteiger charge is 2.30. The number of esters is 1. The van der Waals surface area contributed by atoms with Gasteiger partial charge in [0.25, 0.3) is 0 Å². The molecule has 1 saturated heterocycles. The zero-order valence-corrected chi connectivity index (χ0v) is 23.2. The minimum absolute atomic E-state index is 0.0923. The van der Waals surface area contributed by atoms with Gasteiger partial charge in [0.05, 0.1) is 6.61 Å². The lowest BCUT2D eigenvalue weighted by atomic mass is 9.97. The van der Waals surface area contributed by atoms with Crippen molar-refractivity contribution in [3.05, 3.63) is 77.1 Å². The number of carbonyl (C=O) groups is 1. The van der Waals surface area contributed by atoms with Gasteiger partial charge < -0.3 is 24.4 Å². The molecule has 1 heterocycles. The van der Waals surface area contributed by atoms with Crippen molar-refractivity contribution in [2.24, 2.45) is 0 Å². The largest absolute Gasteiger partial charge is 0.507 e. The van der Waals surface area contributed by atoms with E-state index in [2.05, 4.69) is 0 Å². The second-order valence-corrected chi connectivity index (χ2v) is 11.0. The molecule has 0 amide bonds. The molecule has 1 fully saturated rings. The van der Waals surface area contributed by atoms with Gasteiger partial charge in [-0.1, -0.05) is 24.3 Å². The molecule has 0 spiro atoms. The highest BCUT2D eigenvalue weighted by molar-refractivity contribution is 7.99. The predicted octanol–water partition coefficient (Wildman–Crippen LogP) is 6.22. The number of aromatic hydroxyl groups is 1. The van der Waals surface area contributed by atoms with E-state index in [1.54, 1.807) is 25.1 Å². The van der Waals surface area contributed by atoms with Crippen molar-refractivity contribution < 1.29 is 33.6 Å². The summed E-state index contributed by atoms with van der Waals surface area (Å²) in [4.78, 5) is 11.5. The molecule has 4 rings (SSSR count). The Balaban J connectivity index is 1.39. The Morgan fingerprint density at radius 3 is 2.56 bits per heavy atom. The second kappa shape index (κ2) is 13.2. The Hall–Kier alpha value is -3.23. The first-order valence-electron chi connectivity index (χ1n) is 13.2. The quantitative estimate of drug-likeness (QED) is 0.272. The van der Waals surface area contributed by atoms with Gasteiger partial charge in [-0.2, -0.15) is 11.8 Å². The number of aryl methyl sites for hydroxylation is 2. The summed E-state index contributed by atoms with van der Waals surface area (Å²) in [7, 11) is 0. The molecule has 8 heteroatoms. The standard InChI is InChI=1S/C31H35FO6S/c1-3-36-29(34)10-8-23-7-9-25(17-27(23)32)37-19-22-5-4-6-24(16-22)30-21(2)15-26(18-28(30)33)38-20-31(35)11-13-39-14-12-31/h4-7,9,15-18,33,35H,3,8,10-14,19-20H2,1-2H3. The van der Waals surface area contributed by atoms with Gasteiger partial charge in [0.15, 0.2) is 0 Å². The Bertz CT molecular complexity index is 1260. The van der Waals surface area contributed by atoms with Crippen LogP contribution < -0.4 is 9.47 Å². The average molecular weight is 555 g/mol. The predicted molar refractivity (Wildman–Crippen MR) is 151 cm³/mol. The summed E-state index contributed by atoms with van der Waals surface area (Å²) >= 11 is 1.84. The highest BCUT2D eigenvalue weighted by atomic mass is 32.2. The van der Waals surface area contributed by atoms with E-state index in [1.807, 2.05) is 49.0 Å². The number of hydrogen-bond donors (Lipinski definition) is 2. The molecular formula is C31H35FO6S. The van der Waals surface area contributed by atoms with Crippen molar-refractivity contribution in [1.29, 1.82) is 0 Å². The summed E-state index contributed by atoms with van der Waals surface area (Å²) in [5.74, 6) is 2.06. The number of ether oxygens (including phenoxy) is 3. The third kappa shape index (κ3) is 7.90. The van der Waals surface area contributed by atoms with Gasteiger partial charge >= 0.3 is 5.97 Å². The van der Waals surface area contributed by atoms with E-state index in [4.69, 9.17) is 14.2 Å². The summed E-state index contributed by atoms with van der Waals surface area (Å²) < 4.78 is 31.1. The van der Waals surface area contributed by atoms with Crippen LogP contribution in [0.1, 0.15) is 42.9 Å². The van der Waals surface area contributed by atoms with Gasteiger partial charge in [-0.3, -0.25) is 4.79 Å². The van der Waals surface area contributed by atoms with E-state index in [9.17, 15) is 19.4 Å². The minimum Gasteiger partial charge on any atom is -0.507 e. The van der Waals surface area contributed by atoms with Crippen LogP contribution >= 0.6 is 11.8 Å². The topological polar surface area (TPSA) is 85.2 Å². The van der Waals surface area contributed by atoms with Crippen LogP contribution in [0.5, 0.6) is 17.2 Å². The van der Waals surface area contributed by atoms with E-state index < -0.39 is 11.4 Å². The average Bonchev–Trinajstić information content (AvgIpc) is 2.91. The molecule has 1 aliphatic heterocycles. The van der Waals surface area contributed by atoms with Crippen LogP contribution in [0.15, 0.2) is 54.6 Å². The first-order chi connectivity index (χ1) is 18.8. The first-order valence-corrected chi connectivity index (χ1v) is 14.3. The minimum atomic E-state index is -0.826. The zero-order valence-electron chi connectivity index (χ0n) is 22.4. The second-order valence-electron chi connectivity index (χ2n) is 9.81. The van der Waals surface area contributed by atoms with Crippen molar-refractivity contribution in [3.63, 3.8) is 0 Å². The molecule has 0 radical (unpaired) electrons. The third-order valence-corrected chi connectivity index (χ3v) is 7.75. The molecule has 0 unspecified atom stereocenters. The summed E-state index contributed by atoms with van der Waals surface area (Å²) in [6.07, 6.45) is 1.78. The van der Waals surface area contributed by atoms with Crippen LogP contribution in [0.2, 0.25) is 0 Å². The van der Waals surface area contributed by atoms with Crippen molar-refractivity contribution in [3.8, 4) is 28.4 Å². The van der Waals surface area contributed by atoms with Crippen LogP contribution in [0.4, 0.5) is 4.39 Å². The number of halogens is 1. The number of rotatable bonds is 11. The molecule has 0 aromatic heterocycles. The fraction of sp³-hybridized carbons (Fsp3) is 0.387. The molecule has 1 aliphatic rings. The van der Waals surface area contributed by atoms with Crippen molar-refractivity contribution >= 4 is 17.7 Å². The van der Waals surface area contributed by atoms with Gasteiger partial charge in [0, 0.05) is 24.1 Å². The maximum atomic E-state index is 14.5. The smallest absolute Gasteiger partial charge is 0.306 e.